The fraction of sp³-hybridized carbons (Fsp3) is 0.500. The molecule has 0 aliphatic carbocycles. The van der Waals surface area contributed by atoms with Gasteiger partial charge in [0, 0.05) is 18.0 Å². The molecular formula is C18H21F3N4O4. The number of carbonyl (C=O) groups is 2. The van der Waals surface area contributed by atoms with Crippen molar-refractivity contribution in [3.8, 4) is 5.75 Å². The fourth-order valence-corrected chi connectivity index (χ4v) is 3.79. The smallest absolute Gasteiger partial charge is 0.422 e. The minimum atomic E-state index is -4.42. The Hall–Kier alpha value is -2.82. The molecule has 29 heavy (non-hydrogen) atoms. The number of aromatic amines is 1. The van der Waals surface area contributed by atoms with E-state index in [1.165, 1.54) is 12.1 Å². The van der Waals surface area contributed by atoms with E-state index in [0.717, 1.165) is 32.5 Å². The molecule has 3 saturated heterocycles. The molecule has 1 atom stereocenters. The number of H-pyrrole nitrogens is 1. The van der Waals surface area contributed by atoms with Crippen LogP contribution in [0.5, 0.6) is 5.75 Å². The molecule has 3 N–H and O–H groups in total. The van der Waals surface area contributed by atoms with Crippen molar-refractivity contribution in [3.63, 3.8) is 0 Å². The van der Waals surface area contributed by atoms with Crippen molar-refractivity contribution in [2.75, 3.05) is 26.2 Å². The summed E-state index contributed by atoms with van der Waals surface area (Å²) in [5.41, 5.74) is 0.748. The first-order valence-electron chi connectivity index (χ1n) is 9.09. The number of piperidine rings is 3. The van der Waals surface area contributed by atoms with E-state index in [4.69, 9.17) is 14.6 Å². The predicted octanol–water partition coefficient (Wildman–Crippen LogP) is 2.03. The second-order valence-electron chi connectivity index (χ2n) is 7.01. The lowest BCUT2D eigenvalue weighted by molar-refractivity contribution is -0.153. The van der Waals surface area contributed by atoms with Crippen molar-refractivity contribution < 1.29 is 32.6 Å². The van der Waals surface area contributed by atoms with E-state index in [9.17, 15) is 18.0 Å². The molecule has 0 radical (unpaired) electrons. The van der Waals surface area contributed by atoms with Crippen molar-refractivity contribution in [1.29, 1.82) is 0 Å². The summed E-state index contributed by atoms with van der Waals surface area (Å²) in [6.45, 7) is 1.35. The molecule has 158 valence electrons. The van der Waals surface area contributed by atoms with Crippen molar-refractivity contribution in [3.05, 3.63) is 23.9 Å². The maximum absolute atomic E-state index is 12.7. The maximum Gasteiger partial charge on any atom is 0.422 e. The third kappa shape index (κ3) is 5.17. The summed E-state index contributed by atoms with van der Waals surface area (Å²) in [7, 11) is 0. The number of carbonyl (C=O) groups excluding carboxylic acids is 1. The van der Waals surface area contributed by atoms with E-state index < -0.39 is 12.8 Å². The molecule has 3 aliphatic rings. The molecule has 5 rings (SSSR count). The van der Waals surface area contributed by atoms with Gasteiger partial charge in [0.1, 0.15) is 5.75 Å². The van der Waals surface area contributed by atoms with Crippen LogP contribution in [-0.2, 0) is 4.79 Å². The van der Waals surface area contributed by atoms with E-state index in [2.05, 4.69) is 20.4 Å². The van der Waals surface area contributed by atoms with Gasteiger partial charge in [-0.15, -0.1) is 0 Å². The van der Waals surface area contributed by atoms with Crippen molar-refractivity contribution in [2.24, 2.45) is 5.92 Å². The summed E-state index contributed by atoms with van der Waals surface area (Å²) in [4.78, 5) is 23.4. The molecule has 2 aromatic rings. The van der Waals surface area contributed by atoms with Gasteiger partial charge in [-0.05, 0) is 50.0 Å². The van der Waals surface area contributed by atoms with E-state index in [0.29, 0.717) is 16.8 Å². The quantitative estimate of drug-likeness (QED) is 0.661. The minimum absolute atomic E-state index is 0.0492. The van der Waals surface area contributed by atoms with Crippen molar-refractivity contribution in [1.82, 2.24) is 20.4 Å². The maximum atomic E-state index is 12.7. The lowest BCUT2D eigenvalue weighted by Crippen LogP contribution is -2.57. The number of amides is 1. The molecule has 11 heteroatoms. The van der Waals surface area contributed by atoms with Crippen LogP contribution in [0.25, 0.3) is 10.9 Å². The zero-order valence-corrected chi connectivity index (χ0v) is 15.4. The summed E-state index contributed by atoms with van der Waals surface area (Å²) in [6.07, 6.45) is -2.27. The van der Waals surface area contributed by atoms with E-state index in [1.54, 1.807) is 6.07 Å². The molecule has 3 aliphatic heterocycles. The number of alkyl halides is 3. The lowest BCUT2D eigenvalue weighted by atomic mass is 9.84. The van der Waals surface area contributed by atoms with Crippen LogP contribution < -0.4 is 10.1 Å². The third-order valence-electron chi connectivity index (χ3n) is 5.12. The van der Waals surface area contributed by atoms with Gasteiger partial charge >= 0.3 is 6.18 Å². The van der Waals surface area contributed by atoms with E-state index in [-0.39, 0.29) is 29.9 Å². The number of fused-ring (bicyclic) bond motifs is 4. The van der Waals surface area contributed by atoms with Gasteiger partial charge in [-0.3, -0.25) is 14.7 Å². The van der Waals surface area contributed by atoms with Gasteiger partial charge in [0.25, 0.3) is 12.4 Å². The largest absolute Gasteiger partial charge is 0.484 e. The highest BCUT2D eigenvalue weighted by Gasteiger charge is 2.35. The Kier molecular flexibility index (Phi) is 6.26. The molecule has 3 fully saturated rings. The number of halogens is 3. The Morgan fingerprint density at radius 3 is 2.66 bits per heavy atom. The van der Waals surface area contributed by atoms with Gasteiger partial charge in [0.05, 0.1) is 5.52 Å². The summed E-state index contributed by atoms with van der Waals surface area (Å²) in [5, 5.41) is 17.2. The molecule has 1 aromatic carbocycles. The Balaban J connectivity index is 0.000000755. The SMILES string of the molecule is O=C(N[C@@H]1CN2CCC1CC2)c1n[nH]c2ccc(OCC(F)(F)F)cc12.O=CO. The molecule has 8 nitrogen and oxygen atoms in total. The highest BCUT2D eigenvalue weighted by Crippen LogP contribution is 2.28. The van der Waals surface area contributed by atoms with Crippen LogP contribution in [0.4, 0.5) is 13.2 Å². The Morgan fingerprint density at radius 1 is 1.38 bits per heavy atom. The monoisotopic (exact) mass is 414 g/mol. The zero-order chi connectivity index (χ0) is 21.0. The molecule has 1 aromatic heterocycles. The second-order valence-corrected chi connectivity index (χ2v) is 7.01. The molecule has 0 unspecified atom stereocenters. The topological polar surface area (TPSA) is 108 Å². The first kappa shape index (κ1) is 20.9. The van der Waals surface area contributed by atoms with Crippen LogP contribution in [0.3, 0.4) is 0 Å². The molecule has 4 heterocycles. The number of aromatic nitrogens is 2. The molecule has 0 saturated carbocycles. The number of nitrogens with zero attached hydrogens (tertiary/aromatic N) is 2. The number of nitrogens with one attached hydrogen (secondary N) is 2. The number of rotatable bonds is 4. The second kappa shape index (κ2) is 8.68. The summed E-state index contributed by atoms with van der Waals surface area (Å²) >= 11 is 0. The van der Waals surface area contributed by atoms with Gasteiger partial charge in [-0.1, -0.05) is 0 Å². The van der Waals surface area contributed by atoms with Gasteiger partial charge in [0.15, 0.2) is 12.3 Å². The number of benzene rings is 1. The van der Waals surface area contributed by atoms with Gasteiger partial charge in [0.2, 0.25) is 0 Å². The van der Waals surface area contributed by atoms with Crippen molar-refractivity contribution >= 4 is 23.3 Å². The first-order valence-corrected chi connectivity index (χ1v) is 9.09. The summed E-state index contributed by atoms with van der Waals surface area (Å²) < 4.78 is 41.7. The molecular weight excluding hydrogens is 393 g/mol. The molecule has 2 bridgehead atoms. The zero-order valence-electron chi connectivity index (χ0n) is 15.4. The van der Waals surface area contributed by atoms with E-state index >= 15 is 0 Å². The fourth-order valence-electron chi connectivity index (χ4n) is 3.79. The summed E-state index contributed by atoms with van der Waals surface area (Å²) in [5.74, 6) is 0.205. The van der Waals surface area contributed by atoms with Gasteiger partial charge in [-0.25, -0.2) is 0 Å². The number of hydrogen-bond donors (Lipinski definition) is 3. The highest BCUT2D eigenvalue weighted by molar-refractivity contribution is 6.05. The average molecular weight is 414 g/mol. The Labute approximate surface area is 164 Å². The first-order chi connectivity index (χ1) is 13.8. The average Bonchev–Trinajstić information content (AvgIpc) is 3.11. The van der Waals surface area contributed by atoms with E-state index in [1.807, 2.05) is 0 Å². The lowest BCUT2D eigenvalue weighted by Gasteiger charge is -2.44. The van der Waals surface area contributed by atoms with Crippen LogP contribution >= 0.6 is 0 Å². The van der Waals surface area contributed by atoms with Crippen LogP contribution in [0.2, 0.25) is 0 Å². The highest BCUT2D eigenvalue weighted by atomic mass is 19.4. The van der Waals surface area contributed by atoms with Crippen LogP contribution in [0.15, 0.2) is 18.2 Å². The van der Waals surface area contributed by atoms with Gasteiger partial charge < -0.3 is 20.1 Å². The summed E-state index contributed by atoms with van der Waals surface area (Å²) in [6, 6.07) is 4.47. The van der Waals surface area contributed by atoms with Gasteiger partial charge in [-0.2, -0.15) is 18.3 Å². The standard InChI is InChI=1S/C17H19F3N4O2.CH2O2/c18-17(19,20)9-26-11-1-2-13-12(7-11)15(23-22-13)16(25)21-14-8-24-5-3-10(14)4-6-24;2-1-3/h1-2,7,10,14H,3-6,8-9H2,(H,21,25)(H,22,23);1H,(H,2,3)/t14-;/m1./s1. The minimum Gasteiger partial charge on any atom is -0.484 e. The predicted molar refractivity (Wildman–Crippen MR) is 96.8 cm³/mol. The third-order valence-corrected chi connectivity index (χ3v) is 5.12. The number of carboxylic acid groups (broad SMARTS) is 1. The van der Waals surface area contributed by atoms with Crippen LogP contribution in [0.1, 0.15) is 23.3 Å². The Bertz CT molecular complexity index is 862. The van der Waals surface area contributed by atoms with Crippen LogP contribution in [0, 0.1) is 5.92 Å². The molecule has 1 amide bonds. The van der Waals surface area contributed by atoms with Crippen molar-refractivity contribution in [2.45, 2.75) is 25.1 Å². The number of hydrogen-bond acceptors (Lipinski definition) is 5. The normalized spacial score (nSPS) is 23.2. The molecule has 0 spiro atoms. The van der Waals surface area contributed by atoms with Crippen LogP contribution in [-0.4, -0.2) is 71.0 Å². The number of ether oxygens (including phenoxy) is 1. The Morgan fingerprint density at radius 2 is 2.07 bits per heavy atom.